The van der Waals surface area contributed by atoms with Crippen LogP contribution in [-0.2, 0) is 4.79 Å². The number of carboxylic acid groups (broad SMARTS) is 1. The van der Waals surface area contributed by atoms with E-state index in [1.807, 2.05) is 6.92 Å². The van der Waals surface area contributed by atoms with Gasteiger partial charge in [-0.15, -0.1) is 11.3 Å². The molecule has 4 nitrogen and oxygen atoms in total. The van der Waals surface area contributed by atoms with Crippen LogP contribution in [0.15, 0.2) is 46.9 Å². The van der Waals surface area contributed by atoms with Gasteiger partial charge in [0.1, 0.15) is 17.1 Å². The summed E-state index contributed by atoms with van der Waals surface area (Å²) in [5.41, 5.74) is 4.24. The van der Waals surface area contributed by atoms with Crippen LogP contribution in [0, 0.1) is 21.0 Å². The molecule has 0 saturated heterocycles. The minimum Gasteiger partial charge on any atom is -0.479 e. The number of rotatable bonds is 4. The highest BCUT2D eigenvalue weighted by Crippen LogP contribution is 2.47. The van der Waals surface area contributed by atoms with E-state index in [4.69, 9.17) is 9.15 Å². The Kier molecular flexibility index (Phi) is 5.61. The maximum atomic E-state index is 11.3. The van der Waals surface area contributed by atoms with Crippen LogP contribution in [0.4, 0.5) is 0 Å². The van der Waals surface area contributed by atoms with E-state index in [9.17, 15) is 9.90 Å². The van der Waals surface area contributed by atoms with Crippen LogP contribution in [0.25, 0.3) is 42.3 Å². The molecule has 0 aliphatic rings. The largest absolute Gasteiger partial charge is 0.479 e. The summed E-state index contributed by atoms with van der Waals surface area (Å²) in [5, 5.41) is 12.8. The lowest BCUT2D eigenvalue weighted by Gasteiger charge is -2.16. The number of ether oxygens (including phenoxy) is 1. The quantitative estimate of drug-likeness (QED) is 0.197. The molecule has 3 aromatic carbocycles. The lowest BCUT2D eigenvalue weighted by Crippen LogP contribution is -2.23. The summed E-state index contributed by atoms with van der Waals surface area (Å²) >= 11 is 6.23. The molecule has 1 atom stereocenters. The number of furan rings is 1. The van der Waals surface area contributed by atoms with E-state index >= 15 is 0 Å². The molecule has 0 spiro atoms. The van der Waals surface area contributed by atoms with Crippen molar-refractivity contribution in [3.05, 3.63) is 60.9 Å². The fraction of sp³-hybridized carbons (Fsp3) is 0.160. The Balaban J connectivity index is 1.85. The third-order valence-electron chi connectivity index (χ3n) is 5.73. The summed E-state index contributed by atoms with van der Waals surface area (Å²) in [5.74, 6) is 0.535. The van der Waals surface area contributed by atoms with E-state index in [2.05, 4.69) is 94.6 Å². The molecule has 0 amide bonds. The average Bonchev–Trinajstić information content (AvgIpc) is 3.25. The smallest absolute Gasteiger partial charge is 0.344 e. The lowest BCUT2D eigenvalue weighted by atomic mass is 9.94. The number of halogens is 2. The number of aryl methyl sites for hydroxylation is 2. The third kappa shape index (κ3) is 3.49. The van der Waals surface area contributed by atoms with E-state index in [1.165, 1.54) is 20.2 Å². The highest BCUT2D eigenvalue weighted by Gasteiger charge is 2.23. The second-order valence-electron chi connectivity index (χ2n) is 7.75. The Hall–Kier alpha value is -1.85. The minimum atomic E-state index is -0.985. The van der Waals surface area contributed by atoms with Crippen LogP contribution < -0.4 is 4.74 Å². The Labute approximate surface area is 215 Å². The van der Waals surface area contributed by atoms with Gasteiger partial charge in [-0.05, 0) is 101 Å². The second-order valence-corrected chi connectivity index (χ2v) is 11.2. The van der Waals surface area contributed by atoms with Gasteiger partial charge in [-0.3, -0.25) is 0 Å². The molecule has 0 bridgehead atoms. The van der Waals surface area contributed by atoms with Crippen molar-refractivity contribution in [2.75, 3.05) is 0 Å². The minimum absolute atomic E-state index is 0.601. The molecule has 5 rings (SSSR count). The van der Waals surface area contributed by atoms with E-state index in [-0.39, 0.29) is 0 Å². The van der Waals surface area contributed by atoms with Gasteiger partial charge in [0.2, 0.25) is 0 Å². The zero-order valence-electron chi connectivity index (χ0n) is 17.5. The summed E-state index contributed by atoms with van der Waals surface area (Å²) in [6.45, 7) is 5.65. The van der Waals surface area contributed by atoms with Crippen molar-refractivity contribution in [3.8, 4) is 16.9 Å². The number of carbonyl (C=O) groups is 1. The fourth-order valence-corrected chi connectivity index (χ4v) is 7.23. The Bertz CT molecular complexity index is 1520. The van der Waals surface area contributed by atoms with Crippen molar-refractivity contribution in [2.45, 2.75) is 26.9 Å². The first-order valence-electron chi connectivity index (χ1n) is 9.99. The second kappa shape index (κ2) is 8.18. The maximum Gasteiger partial charge on any atom is 0.344 e. The number of benzene rings is 3. The van der Waals surface area contributed by atoms with E-state index in [0.717, 1.165) is 40.6 Å². The van der Waals surface area contributed by atoms with Crippen LogP contribution in [0.3, 0.4) is 0 Å². The monoisotopic (exact) mass is 668 g/mol. The molecule has 0 radical (unpaired) electrons. The summed E-state index contributed by atoms with van der Waals surface area (Å²) in [6, 6.07) is 14.8. The zero-order chi connectivity index (χ0) is 22.7. The molecule has 2 aromatic heterocycles. The van der Waals surface area contributed by atoms with Crippen molar-refractivity contribution >= 4 is 93.6 Å². The predicted octanol–water partition coefficient (Wildman–Crippen LogP) is 8.15. The van der Waals surface area contributed by atoms with Gasteiger partial charge in [0.15, 0.2) is 6.10 Å². The van der Waals surface area contributed by atoms with Crippen molar-refractivity contribution in [3.63, 3.8) is 0 Å². The van der Waals surface area contributed by atoms with Crippen LogP contribution in [0.5, 0.6) is 5.75 Å². The standard InChI is InChI=1S/C25H18I2O4S/c1-11-12(2)30-18-10-20-23(15-6-4-5-7-19(15)32-20)22(21(11)18)14-8-16(26)24(17(27)9-14)31-13(3)25(28)29/h4-10,13H,1-3H3,(H,28,29). The van der Waals surface area contributed by atoms with Gasteiger partial charge < -0.3 is 14.3 Å². The van der Waals surface area contributed by atoms with Gasteiger partial charge in [0, 0.05) is 31.1 Å². The summed E-state index contributed by atoms with van der Waals surface area (Å²) < 4.78 is 16.1. The summed E-state index contributed by atoms with van der Waals surface area (Å²) in [4.78, 5) is 11.3. The lowest BCUT2D eigenvalue weighted by molar-refractivity contribution is -0.144. The van der Waals surface area contributed by atoms with Gasteiger partial charge >= 0.3 is 5.97 Å². The molecule has 32 heavy (non-hydrogen) atoms. The number of fused-ring (bicyclic) bond motifs is 4. The number of hydrogen-bond donors (Lipinski definition) is 1. The average molecular weight is 668 g/mol. The molecular formula is C25H18I2O4S. The first-order valence-corrected chi connectivity index (χ1v) is 13.0. The topological polar surface area (TPSA) is 59.7 Å². The van der Waals surface area contributed by atoms with Crippen LogP contribution in [0.1, 0.15) is 18.2 Å². The zero-order valence-corrected chi connectivity index (χ0v) is 22.6. The fourth-order valence-electron chi connectivity index (χ4n) is 4.07. The Morgan fingerprint density at radius 3 is 2.44 bits per heavy atom. The van der Waals surface area contributed by atoms with E-state index < -0.39 is 12.1 Å². The predicted molar refractivity (Wildman–Crippen MR) is 147 cm³/mol. The van der Waals surface area contributed by atoms with Gasteiger partial charge in [0.25, 0.3) is 0 Å². The number of aliphatic carboxylic acids is 1. The van der Waals surface area contributed by atoms with Crippen LogP contribution in [0.2, 0.25) is 0 Å². The van der Waals surface area contributed by atoms with E-state index in [1.54, 1.807) is 18.3 Å². The third-order valence-corrected chi connectivity index (χ3v) is 8.45. The molecule has 1 unspecified atom stereocenters. The van der Waals surface area contributed by atoms with Crippen molar-refractivity contribution < 1.29 is 19.1 Å². The molecule has 2 heterocycles. The first-order chi connectivity index (χ1) is 15.3. The first kappa shape index (κ1) is 22.0. The molecule has 0 fully saturated rings. The highest BCUT2D eigenvalue weighted by atomic mass is 127. The molecule has 1 N–H and O–H groups in total. The highest BCUT2D eigenvalue weighted by molar-refractivity contribution is 14.1. The van der Waals surface area contributed by atoms with Crippen LogP contribution in [-0.4, -0.2) is 17.2 Å². The molecule has 0 saturated carbocycles. The summed E-state index contributed by atoms with van der Waals surface area (Å²) in [7, 11) is 0. The number of hydrogen-bond acceptors (Lipinski definition) is 4. The summed E-state index contributed by atoms with van der Waals surface area (Å²) in [6.07, 6.45) is -0.919. The van der Waals surface area contributed by atoms with Crippen molar-refractivity contribution in [1.82, 2.24) is 0 Å². The Morgan fingerprint density at radius 2 is 1.75 bits per heavy atom. The van der Waals surface area contributed by atoms with Gasteiger partial charge in [0.05, 0.1) is 7.14 Å². The molecule has 162 valence electrons. The molecule has 7 heteroatoms. The maximum absolute atomic E-state index is 11.3. The van der Waals surface area contributed by atoms with Gasteiger partial charge in [-0.1, -0.05) is 18.2 Å². The molecule has 5 aromatic rings. The van der Waals surface area contributed by atoms with Crippen molar-refractivity contribution in [1.29, 1.82) is 0 Å². The van der Waals surface area contributed by atoms with Crippen molar-refractivity contribution in [2.24, 2.45) is 0 Å². The number of thiophene rings is 1. The van der Waals surface area contributed by atoms with Crippen LogP contribution >= 0.6 is 56.5 Å². The SMILES string of the molecule is Cc1oc2cc3sc4ccccc4c3c(-c3cc(I)c(OC(C)C(=O)O)c(I)c3)c2c1C. The molecule has 0 aliphatic carbocycles. The molecule has 0 aliphatic heterocycles. The van der Waals surface area contributed by atoms with E-state index in [0.29, 0.717) is 5.75 Å². The van der Waals surface area contributed by atoms with Gasteiger partial charge in [-0.2, -0.15) is 0 Å². The Morgan fingerprint density at radius 1 is 1.06 bits per heavy atom. The van der Waals surface area contributed by atoms with Gasteiger partial charge in [-0.25, -0.2) is 4.79 Å². The number of carboxylic acids is 1. The normalized spacial score (nSPS) is 12.7. The molecular weight excluding hydrogens is 650 g/mol.